The second-order valence-corrected chi connectivity index (χ2v) is 7.31. The van der Waals surface area contributed by atoms with Gasteiger partial charge in [-0.1, -0.05) is 0 Å². The summed E-state index contributed by atoms with van der Waals surface area (Å²) >= 11 is 0. The lowest BCUT2D eigenvalue weighted by Crippen LogP contribution is -2.36. The number of rotatable bonds is 8. The third-order valence-corrected chi connectivity index (χ3v) is 4.60. The first-order chi connectivity index (χ1) is 14.3. The summed E-state index contributed by atoms with van der Waals surface area (Å²) < 4.78 is 45.2. The molecule has 30 heavy (non-hydrogen) atoms. The van der Waals surface area contributed by atoms with Gasteiger partial charge in [0.15, 0.2) is 5.69 Å². The lowest BCUT2D eigenvalue weighted by Gasteiger charge is -2.28. The van der Waals surface area contributed by atoms with E-state index in [9.17, 15) is 13.2 Å². The number of anilines is 4. The molecule has 2 aromatic rings. The number of alkyl halides is 3. The molecule has 1 aromatic heterocycles. The summed E-state index contributed by atoms with van der Waals surface area (Å²) in [4.78, 5) is 12.0. The smallest absolute Gasteiger partial charge is 0.378 e. The molecule has 1 aliphatic heterocycles. The van der Waals surface area contributed by atoms with Gasteiger partial charge in [-0.3, -0.25) is 0 Å². The van der Waals surface area contributed by atoms with E-state index in [2.05, 4.69) is 25.5 Å². The molecule has 0 unspecified atom stereocenters. The molecule has 3 rings (SSSR count). The largest absolute Gasteiger partial charge is 0.433 e. The van der Waals surface area contributed by atoms with Crippen LogP contribution in [0.3, 0.4) is 0 Å². The molecule has 0 saturated carbocycles. The number of nitrogens with zero attached hydrogens (tertiary/aromatic N) is 4. The van der Waals surface area contributed by atoms with Gasteiger partial charge in [0.2, 0.25) is 5.95 Å². The molecular formula is C20H27F3N6O. The fraction of sp³-hybridized carbons (Fsp3) is 0.500. The van der Waals surface area contributed by atoms with E-state index in [0.717, 1.165) is 37.8 Å². The summed E-state index contributed by atoms with van der Waals surface area (Å²) in [6, 6.07) is 8.43. The standard InChI is InChI=1S/C20H27F3N6O/c1-28(2)9-3-8-24-19-26-17(20(21,22)23)14-18(27-19)25-15-4-6-16(7-5-15)29-10-12-30-13-11-29/h4-7,14H,3,8-13H2,1-2H3,(H2,24,25,26,27). The first kappa shape index (κ1) is 22.1. The molecule has 0 bridgehead atoms. The van der Waals surface area contributed by atoms with Crippen LogP contribution in [-0.4, -0.2) is 68.4 Å². The van der Waals surface area contributed by atoms with Crippen molar-refractivity contribution in [2.45, 2.75) is 12.6 Å². The number of halogens is 3. The Bertz CT molecular complexity index is 807. The Labute approximate surface area is 174 Å². The van der Waals surface area contributed by atoms with Crippen molar-refractivity contribution in [1.29, 1.82) is 0 Å². The van der Waals surface area contributed by atoms with Crippen LogP contribution in [0.25, 0.3) is 0 Å². The van der Waals surface area contributed by atoms with Gasteiger partial charge in [-0.2, -0.15) is 18.2 Å². The van der Waals surface area contributed by atoms with Gasteiger partial charge >= 0.3 is 6.18 Å². The van der Waals surface area contributed by atoms with Gasteiger partial charge in [0, 0.05) is 37.1 Å². The van der Waals surface area contributed by atoms with E-state index in [1.54, 1.807) is 0 Å². The van der Waals surface area contributed by atoms with E-state index in [1.165, 1.54) is 0 Å². The van der Waals surface area contributed by atoms with Crippen molar-refractivity contribution in [2.24, 2.45) is 0 Å². The topological polar surface area (TPSA) is 65.5 Å². The molecule has 7 nitrogen and oxygen atoms in total. The van der Waals surface area contributed by atoms with Crippen molar-refractivity contribution in [1.82, 2.24) is 14.9 Å². The molecule has 1 fully saturated rings. The fourth-order valence-corrected chi connectivity index (χ4v) is 3.06. The number of aromatic nitrogens is 2. The fourth-order valence-electron chi connectivity index (χ4n) is 3.06. The van der Waals surface area contributed by atoms with E-state index < -0.39 is 11.9 Å². The number of benzene rings is 1. The van der Waals surface area contributed by atoms with Crippen LogP contribution in [-0.2, 0) is 10.9 Å². The van der Waals surface area contributed by atoms with Crippen molar-refractivity contribution in [3.63, 3.8) is 0 Å². The predicted octanol–water partition coefficient (Wildman–Crippen LogP) is 3.44. The highest BCUT2D eigenvalue weighted by Gasteiger charge is 2.33. The van der Waals surface area contributed by atoms with Crippen molar-refractivity contribution in [2.75, 3.05) is 69.0 Å². The normalized spacial score (nSPS) is 14.8. The average molecular weight is 424 g/mol. The van der Waals surface area contributed by atoms with Gasteiger partial charge in [-0.15, -0.1) is 0 Å². The number of morpholine rings is 1. The van der Waals surface area contributed by atoms with Gasteiger partial charge in [-0.05, 0) is 51.3 Å². The monoisotopic (exact) mass is 424 g/mol. The molecule has 0 spiro atoms. The van der Waals surface area contributed by atoms with E-state index in [-0.39, 0.29) is 11.8 Å². The first-order valence-corrected chi connectivity index (χ1v) is 9.86. The van der Waals surface area contributed by atoms with Crippen LogP contribution in [0.5, 0.6) is 0 Å². The third kappa shape index (κ3) is 6.46. The molecule has 1 saturated heterocycles. The molecule has 1 aliphatic rings. The average Bonchev–Trinajstić information content (AvgIpc) is 2.71. The zero-order chi connectivity index (χ0) is 21.6. The molecule has 0 radical (unpaired) electrons. The van der Waals surface area contributed by atoms with Crippen molar-refractivity contribution in [3.8, 4) is 0 Å². The summed E-state index contributed by atoms with van der Waals surface area (Å²) in [6.45, 7) is 4.30. The Kier molecular flexibility index (Phi) is 7.33. The minimum absolute atomic E-state index is 0.0454. The third-order valence-electron chi connectivity index (χ3n) is 4.60. The van der Waals surface area contributed by atoms with Gasteiger partial charge in [0.1, 0.15) is 5.82 Å². The van der Waals surface area contributed by atoms with Crippen LogP contribution in [0.1, 0.15) is 12.1 Å². The number of ether oxygens (including phenoxy) is 1. The molecule has 0 aliphatic carbocycles. The van der Waals surface area contributed by atoms with Gasteiger partial charge in [0.25, 0.3) is 0 Å². The molecule has 1 aromatic carbocycles. The molecule has 0 amide bonds. The summed E-state index contributed by atoms with van der Waals surface area (Å²) in [6.07, 6.45) is -3.79. The zero-order valence-corrected chi connectivity index (χ0v) is 17.2. The zero-order valence-electron chi connectivity index (χ0n) is 17.2. The molecule has 2 heterocycles. The highest BCUT2D eigenvalue weighted by molar-refractivity contribution is 5.62. The first-order valence-electron chi connectivity index (χ1n) is 9.86. The van der Waals surface area contributed by atoms with Crippen LogP contribution in [0, 0.1) is 0 Å². The second-order valence-electron chi connectivity index (χ2n) is 7.31. The van der Waals surface area contributed by atoms with Crippen LogP contribution in [0.2, 0.25) is 0 Å². The minimum Gasteiger partial charge on any atom is -0.378 e. The Hall–Kier alpha value is -2.59. The maximum atomic E-state index is 13.3. The maximum Gasteiger partial charge on any atom is 0.433 e. The Balaban J connectivity index is 1.71. The molecule has 2 N–H and O–H groups in total. The van der Waals surface area contributed by atoms with Crippen LogP contribution >= 0.6 is 0 Å². The van der Waals surface area contributed by atoms with Crippen LogP contribution < -0.4 is 15.5 Å². The minimum atomic E-state index is -4.56. The maximum absolute atomic E-state index is 13.3. The van der Waals surface area contributed by atoms with E-state index in [0.29, 0.717) is 25.4 Å². The van der Waals surface area contributed by atoms with E-state index in [1.807, 2.05) is 43.3 Å². The van der Waals surface area contributed by atoms with Gasteiger partial charge in [0.05, 0.1) is 13.2 Å². The number of hydrogen-bond acceptors (Lipinski definition) is 7. The van der Waals surface area contributed by atoms with Crippen LogP contribution in [0.15, 0.2) is 30.3 Å². The van der Waals surface area contributed by atoms with Crippen LogP contribution in [0.4, 0.5) is 36.3 Å². The predicted molar refractivity (Wildman–Crippen MR) is 111 cm³/mol. The summed E-state index contributed by atoms with van der Waals surface area (Å²) in [5.41, 5.74) is 0.711. The van der Waals surface area contributed by atoms with Crippen molar-refractivity contribution < 1.29 is 17.9 Å². The molecule has 164 valence electrons. The summed E-state index contributed by atoms with van der Waals surface area (Å²) in [5.74, 6) is 0.0441. The SMILES string of the molecule is CN(C)CCCNc1nc(Nc2ccc(N3CCOCC3)cc2)cc(C(F)(F)F)n1. The molecule has 0 atom stereocenters. The van der Waals surface area contributed by atoms with E-state index >= 15 is 0 Å². The van der Waals surface area contributed by atoms with E-state index in [4.69, 9.17) is 4.74 Å². The lowest BCUT2D eigenvalue weighted by molar-refractivity contribution is -0.141. The van der Waals surface area contributed by atoms with Crippen molar-refractivity contribution >= 4 is 23.1 Å². The quantitative estimate of drug-likeness (QED) is 0.630. The highest BCUT2D eigenvalue weighted by Crippen LogP contribution is 2.30. The Morgan fingerprint density at radius 1 is 1.10 bits per heavy atom. The highest BCUT2D eigenvalue weighted by atomic mass is 19.4. The Morgan fingerprint density at radius 2 is 1.80 bits per heavy atom. The van der Waals surface area contributed by atoms with Gasteiger partial charge in [-0.25, -0.2) is 4.98 Å². The lowest BCUT2D eigenvalue weighted by atomic mass is 10.2. The van der Waals surface area contributed by atoms with Gasteiger partial charge < -0.3 is 25.2 Å². The van der Waals surface area contributed by atoms with Crippen molar-refractivity contribution in [3.05, 3.63) is 36.0 Å². The molecular weight excluding hydrogens is 397 g/mol. The number of nitrogens with one attached hydrogen (secondary N) is 2. The number of hydrogen-bond donors (Lipinski definition) is 2. The second kappa shape index (κ2) is 9.94. The summed E-state index contributed by atoms with van der Waals surface area (Å²) in [5, 5.41) is 5.84. The summed E-state index contributed by atoms with van der Waals surface area (Å²) in [7, 11) is 3.88. The molecule has 10 heteroatoms. The Morgan fingerprint density at radius 3 is 2.43 bits per heavy atom.